The van der Waals surface area contributed by atoms with Crippen LogP contribution in [0, 0.1) is 44.8 Å². The molecule has 1 amide bonds. The molecule has 67 heavy (non-hydrogen) atoms. The Bertz CT molecular complexity index is 1850. The van der Waals surface area contributed by atoms with Crippen molar-refractivity contribution < 1.29 is 78.9 Å². The molecule has 0 spiro atoms. The van der Waals surface area contributed by atoms with Gasteiger partial charge in [0, 0.05) is 6.92 Å². The van der Waals surface area contributed by atoms with Crippen molar-refractivity contribution in [2.24, 2.45) is 44.8 Å². The summed E-state index contributed by atoms with van der Waals surface area (Å²) < 4.78 is 37.4. The molecule has 3 heterocycles. The van der Waals surface area contributed by atoms with Crippen LogP contribution in [0.2, 0.25) is 0 Å². The number of carbonyl (C=O) groups is 2. The fourth-order valence-electron chi connectivity index (χ4n) is 14.1. The molecule has 7 aliphatic rings. The van der Waals surface area contributed by atoms with E-state index in [2.05, 4.69) is 67.3 Å². The summed E-state index contributed by atoms with van der Waals surface area (Å²) in [4.78, 5) is 26.3. The summed E-state index contributed by atoms with van der Waals surface area (Å²) in [6.45, 7) is 21.9. The number of hydrogen-bond donors (Lipinski definition) is 9. The van der Waals surface area contributed by atoms with Gasteiger partial charge in [0.15, 0.2) is 18.9 Å². The van der Waals surface area contributed by atoms with Gasteiger partial charge in [-0.05, 0) is 104 Å². The molecule has 4 aliphatic carbocycles. The molecule has 5 fully saturated rings. The van der Waals surface area contributed by atoms with E-state index in [9.17, 15) is 50.4 Å². The van der Waals surface area contributed by atoms with E-state index in [1.807, 2.05) is 0 Å². The molecule has 3 aliphatic heterocycles. The molecule has 7 rings (SSSR count). The number of aliphatic hydroxyl groups excluding tert-OH is 7. The van der Waals surface area contributed by atoms with E-state index in [0.717, 1.165) is 44.1 Å². The van der Waals surface area contributed by atoms with Gasteiger partial charge in [-0.2, -0.15) is 0 Å². The van der Waals surface area contributed by atoms with Gasteiger partial charge in [0.2, 0.25) is 5.91 Å². The molecule has 20 atom stereocenters. The zero-order chi connectivity index (χ0) is 49.3. The van der Waals surface area contributed by atoms with Crippen LogP contribution in [0.3, 0.4) is 0 Å². The molecular weight excluding hydrogens is 871 g/mol. The molecule has 1 unspecified atom stereocenters. The Balaban J connectivity index is 1.17. The maximum absolute atomic E-state index is 14.0. The molecule has 0 aromatic carbocycles. The van der Waals surface area contributed by atoms with Gasteiger partial charge in [-0.1, -0.05) is 78.7 Å². The van der Waals surface area contributed by atoms with E-state index in [1.165, 1.54) is 18.1 Å². The number of aliphatic hydroxyl groups is 7. The summed E-state index contributed by atoms with van der Waals surface area (Å²) in [5.41, 5.74) is 1.47. The number of fused-ring (bicyclic) bond motifs is 4. The van der Waals surface area contributed by atoms with Crippen molar-refractivity contribution in [3.8, 4) is 0 Å². The molecule has 2 saturated carbocycles. The van der Waals surface area contributed by atoms with Crippen molar-refractivity contribution in [1.29, 1.82) is 0 Å². The molecule has 0 aromatic heterocycles. The molecule has 0 radical (unpaired) electrons. The van der Waals surface area contributed by atoms with E-state index >= 15 is 0 Å². The second-order valence-electron chi connectivity index (χ2n) is 23.2. The molecule has 0 bridgehead atoms. The minimum Gasteiger partial charge on any atom is -0.481 e. The van der Waals surface area contributed by atoms with E-state index in [1.54, 1.807) is 0 Å². The van der Waals surface area contributed by atoms with Crippen LogP contribution in [0.1, 0.15) is 127 Å². The van der Waals surface area contributed by atoms with Crippen LogP contribution in [-0.2, 0) is 38.0 Å². The Morgan fingerprint density at radius 2 is 1.46 bits per heavy atom. The largest absolute Gasteiger partial charge is 0.481 e. The number of rotatable bonds is 13. The lowest BCUT2D eigenvalue weighted by atomic mass is 9.43. The number of nitrogens with one attached hydrogen (secondary N) is 1. The Morgan fingerprint density at radius 3 is 2.10 bits per heavy atom. The number of aliphatic carboxylic acids is 1. The fraction of sp³-hybridized carbons (Fsp3) is 0.880. The first-order valence-corrected chi connectivity index (χ1v) is 24.7. The first-order valence-electron chi connectivity index (χ1n) is 24.7. The number of carbonyl (C=O) groups excluding carboxylic acids is 1. The van der Waals surface area contributed by atoms with Gasteiger partial charge in [0.25, 0.3) is 0 Å². The highest BCUT2D eigenvalue weighted by Gasteiger charge is 2.69. The van der Waals surface area contributed by atoms with Crippen molar-refractivity contribution in [2.45, 2.75) is 212 Å². The van der Waals surface area contributed by atoms with Crippen LogP contribution in [0.15, 0.2) is 23.3 Å². The number of carboxylic acids is 1. The normalized spacial score (nSPS) is 45.9. The van der Waals surface area contributed by atoms with Crippen LogP contribution >= 0.6 is 0 Å². The van der Waals surface area contributed by atoms with E-state index in [4.69, 9.17) is 28.4 Å². The van der Waals surface area contributed by atoms with Crippen LogP contribution in [0.5, 0.6) is 0 Å². The Morgan fingerprint density at radius 1 is 0.806 bits per heavy atom. The Kier molecular flexibility index (Phi) is 15.3. The third-order valence-corrected chi connectivity index (χ3v) is 18.2. The third-order valence-electron chi connectivity index (χ3n) is 18.2. The van der Waals surface area contributed by atoms with Crippen LogP contribution in [-0.4, -0.2) is 159 Å². The fourth-order valence-corrected chi connectivity index (χ4v) is 14.1. The molecule has 3 saturated heterocycles. The molecule has 17 nitrogen and oxygen atoms in total. The van der Waals surface area contributed by atoms with Gasteiger partial charge >= 0.3 is 5.97 Å². The molecular formula is C50H81NO16. The summed E-state index contributed by atoms with van der Waals surface area (Å²) in [7, 11) is 0. The quantitative estimate of drug-likeness (QED) is 0.120. The summed E-state index contributed by atoms with van der Waals surface area (Å²) in [5.74, 6) is -0.605. The van der Waals surface area contributed by atoms with Crippen molar-refractivity contribution in [1.82, 2.24) is 5.32 Å². The summed E-state index contributed by atoms with van der Waals surface area (Å²) in [6, 6.07) is -1.38. The second-order valence-corrected chi connectivity index (χ2v) is 23.2. The Labute approximate surface area is 395 Å². The molecule has 382 valence electrons. The van der Waals surface area contributed by atoms with Crippen molar-refractivity contribution in [3.63, 3.8) is 0 Å². The summed E-state index contributed by atoms with van der Waals surface area (Å²) in [6.07, 6.45) is -10.9. The van der Waals surface area contributed by atoms with Crippen LogP contribution in [0.25, 0.3) is 0 Å². The lowest BCUT2D eigenvalue weighted by Gasteiger charge is -2.62. The van der Waals surface area contributed by atoms with Crippen LogP contribution in [0.4, 0.5) is 0 Å². The number of amides is 1. The van der Waals surface area contributed by atoms with E-state index in [0.29, 0.717) is 31.6 Å². The van der Waals surface area contributed by atoms with Gasteiger partial charge in [0.05, 0.1) is 31.3 Å². The predicted octanol–water partition coefficient (Wildman–Crippen LogP) is 3.07. The molecule has 0 aromatic rings. The highest BCUT2D eigenvalue weighted by molar-refractivity contribution is 5.82. The Hall–Kier alpha value is -2.10. The first-order chi connectivity index (χ1) is 31.2. The highest BCUT2D eigenvalue weighted by atomic mass is 16.8. The van der Waals surface area contributed by atoms with Gasteiger partial charge in [-0.25, -0.2) is 0 Å². The summed E-state index contributed by atoms with van der Waals surface area (Å²) in [5, 5.41) is 89.0. The lowest BCUT2D eigenvalue weighted by molar-refractivity contribution is -0.376. The highest BCUT2D eigenvalue weighted by Crippen LogP contribution is 2.73. The third kappa shape index (κ3) is 9.23. The average Bonchev–Trinajstić information content (AvgIpc) is 3.59. The van der Waals surface area contributed by atoms with Gasteiger partial charge in [-0.15, -0.1) is 0 Å². The lowest BCUT2D eigenvalue weighted by Crippen LogP contribution is -2.68. The zero-order valence-electron chi connectivity index (χ0n) is 41.1. The van der Waals surface area contributed by atoms with Gasteiger partial charge in [-0.3, -0.25) is 9.59 Å². The van der Waals surface area contributed by atoms with Crippen LogP contribution < -0.4 is 5.32 Å². The maximum Gasteiger partial charge on any atom is 0.314 e. The number of allylic oxidation sites excluding steroid dienone is 2. The monoisotopic (exact) mass is 952 g/mol. The van der Waals surface area contributed by atoms with E-state index < -0.39 is 121 Å². The van der Waals surface area contributed by atoms with E-state index in [-0.39, 0.29) is 35.9 Å². The second kappa shape index (κ2) is 19.5. The molecule has 17 heteroatoms. The topological polar surface area (TPSA) is 263 Å². The molecule has 9 N–H and O–H groups in total. The minimum absolute atomic E-state index is 0.0212. The maximum atomic E-state index is 14.0. The van der Waals surface area contributed by atoms with Crippen molar-refractivity contribution >= 4 is 11.9 Å². The van der Waals surface area contributed by atoms with Gasteiger partial charge in [0.1, 0.15) is 61.0 Å². The minimum atomic E-state index is -1.73. The average molecular weight is 952 g/mol. The summed E-state index contributed by atoms with van der Waals surface area (Å²) >= 11 is 0. The first kappa shape index (κ1) is 52.7. The number of carboxylic acid groups (broad SMARTS) is 1. The van der Waals surface area contributed by atoms with Gasteiger partial charge < -0.3 is 74.6 Å². The number of ether oxygens (including phenoxy) is 6. The van der Waals surface area contributed by atoms with Crippen molar-refractivity contribution in [2.75, 3.05) is 19.8 Å². The zero-order valence-corrected chi connectivity index (χ0v) is 41.1. The SMILES string of the molecule is C=C(CC[C@@H](C)[C@H]1CC[C@@]2(C(=O)O)C3=C(CC[C@]12C)[C@@]1(C)CCC(O[C@@H]2OC[C@H](O)[C@H](O[C@@H]4OC[C@H](O)[C@H](O)[C@H]4O)[C@H]2O[C@@H]2O[C@H](CO)[C@@H](O)[C@H](O)[C@H]2NC(C)=O)C(C)(C)[C@@H]1CC3)C(C)(C)C. The van der Waals surface area contributed by atoms with Crippen molar-refractivity contribution in [3.05, 3.63) is 23.3 Å². The smallest absolute Gasteiger partial charge is 0.314 e. The predicted molar refractivity (Wildman–Crippen MR) is 241 cm³/mol. The standard InChI is InChI=1S/C50H81NO16/c1-24(11-12-25(2)46(4,5)6)27-16-20-50(45(60)61)29-13-14-33-47(7,8)34(17-18-48(33,9)28(29)15-19-49(27,50)10)65-44-41(67-42-35(51-26(3)53)38(58)37(57)32(21-52)64-42)40(31(55)23-63-44)66-43-39(59)36(56)30(54)22-62-43/h24,27,30-44,52,54-59H,2,11-23H2,1,3-10H3,(H,51,53)(H,60,61)/t24-,27-,30+,31+,32-,33+,34?,35-,36+,37-,38-,39-,40+,41-,42+,43+,44+,48-,49-,50+/m1/s1. The number of hydrogen-bond acceptors (Lipinski definition) is 15.